The zero-order valence-electron chi connectivity index (χ0n) is 11.5. The average molecular weight is 310 g/mol. The van der Waals surface area contributed by atoms with Crippen LogP contribution in [0.25, 0.3) is 0 Å². The molecular weight excluding hydrogens is 293 g/mol. The monoisotopic (exact) mass is 309 g/mol. The molecule has 0 aliphatic rings. The predicted octanol–water partition coefficient (Wildman–Crippen LogP) is 4.51. The Morgan fingerprint density at radius 2 is 1.65 bits per heavy atom. The van der Waals surface area contributed by atoms with Gasteiger partial charge in [0.2, 0.25) is 0 Å². The number of rotatable bonds is 5. The number of methoxy groups -OCH3 is 1. The molecule has 1 atom stereocenters. The molecule has 0 aliphatic heterocycles. The zero-order chi connectivity index (χ0) is 14.5. The van der Waals surface area contributed by atoms with Gasteiger partial charge in [-0.05, 0) is 48.9 Å². The smallest absolute Gasteiger partial charge is 0.118 e. The molecule has 2 nitrogen and oxygen atoms in total. The maximum Gasteiger partial charge on any atom is 0.118 e. The van der Waals surface area contributed by atoms with Crippen LogP contribution in [-0.4, -0.2) is 14.2 Å². The molecule has 1 unspecified atom stereocenters. The predicted molar refractivity (Wildman–Crippen MR) is 85.0 cm³/mol. The molecule has 1 N–H and O–H groups in total. The van der Waals surface area contributed by atoms with Crippen molar-refractivity contribution < 1.29 is 4.74 Å². The first-order chi connectivity index (χ1) is 9.65. The molecule has 4 heteroatoms. The van der Waals surface area contributed by atoms with Gasteiger partial charge in [0, 0.05) is 16.1 Å². The number of hydrogen-bond acceptors (Lipinski definition) is 2. The van der Waals surface area contributed by atoms with E-state index in [1.54, 1.807) is 7.11 Å². The second kappa shape index (κ2) is 6.98. The van der Waals surface area contributed by atoms with Gasteiger partial charge in [-0.1, -0.05) is 41.4 Å². The largest absolute Gasteiger partial charge is 0.497 e. The Bertz CT molecular complexity index is 549. The molecule has 0 spiro atoms. The van der Waals surface area contributed by atoms with Crippen LogP contribution in [-0.2, 0) is 6.42 Å². The average Bonchev–Trinajstić information content (AvgIpc) is 2.47. The summed E-state index contributed by atoms with van der Waals surface area (Å²) in [5.74, 6) is 0.847. The van der Waals surface area contributed by atoms with E-state index in [-0.39, 0.29) is 6.04 Å². The Hall–Kier alpha value is -1.22. The first-order valence-electron chi connectivity index (χ1n) is 6.39. The van der Waals surface area contributed by atoms with Gasteiger partial charge in [-0.25, -0.2) is 0 Å². The second-order valence-electron chi connectivity index (χ2n) is 4.52. The second-order valence-corrected chi connectivity index (χ2v) is 5.33. The molecule has 106 valence electrons. The fraction of sp³-hybridized carbons (Fsp3) is 0.250. The first-order valence-corrected chi connectivity index (χ1v) is 7.15. The van der Waals surface area contributed by atoms with Crippen LogP contribution in [0.5, 0.6) is 5.75 Å². The van der Waals surface area contributed by atoms with Gasteiger partial charge < -0.3 is 10.1 Å². The van der Waals surface area contributed by atoms with Crippen LogP contribution in [0, 0.1) is 0 Å². The summed E-state index contributed by atoms with van der Waals surface area (Å²) in [7, 11) is 3.59. The van der Waals surface area contributed by atoms with E-state index in [0.29, 0.717) is 10.0 Å². The molecule has 0 heterocycles. The van der Waals surface area contributed by atoms with Gasteiger partial charge in [0.1, 0.15) is 5.75 Å². The van der Waals surface area contributed by atoms with E-state index in [1.807, 2.05) is 49.5 Å². The fourth-order valence-electron chi connectivity index (χ4n) is 2.15. The minimum Gasteiger partial charge on any atom is -0.497 e. The Morgan fingerprint density at radius 3 is 2.15 bits per heavy atom. The summed E-state index contributed by atoms with van der Waals surface area (Å²) in [6.45, 7) is 0. The normalized spacial score (nSPS) is 12.2. The summed E-state index contributed by atoms with van der Waals surface area (Å²) in [5, 5.41) is 4.70. The van der Waals surface area contributed by atoms with Gasteiger partial charge in [0.15, 0.2) is 0 Å². The van der Waals surface area contributed by atoms with Gasteiger partial charge in [-0.15, -0.1) is 0 Å². The van der Waals surface area contributed by atoms with Crippen LogP contribution in [0.1, 0.15) is 17.2 Å². The number of halogens is 2. The van der Waals surface area contributed by atoms with E-state index in [9.17, 15) is 0 Å². The molecular formula is C16H17Cl2NO. The summed E-state index contributed by atoms with van der Waals surface area (Å²) in [4.78, 5) is 0. The van der Waals surface area contributed by atoms with Crippen molar-refractivity contribution >= 4 is 23.2 Å². The van der Waals surface area contributed by atoms with Crippen molar-refractivity contribution in [2.75, 3.05) is 14.2 Å². The van der Waals surface area contributed by atoms with Crippen molar-refractivity contribution in [2.24, 2.45) is 0 Å². The van der Waals surface area contributed by atoms with Crippen molar-refractivity contribution in [1.29, 1.82) is 0 Å². The lowest BCUT2D eigenvalue weighted by molar-refractivity contribution is 0.414. The fourth-order valence-corrected chi connectivity index (χ4v) is 2.71. The number of ether oxygens (including phenoxy) is 1. The van der Waals surface area contributed by atoms with Crippen molar-refractivity contribution in [3.8, 4) is 5.75 Å². The molecule has 2 rings (SSSR count). The van der Waals surface area contributed by atoms with Crippen molar-refractivity contribution in [3.05, 3.63) is 63.6 Å². The van der Waals surface area contributed by atoms with Crippen molar-refractivity contribution in [2.45, 2.75) is 12.5 Å². The topological polar surface area (TPSA) is 21.3 Å². The zero-order valence-corrected chi connectivity index (χ0v) is 13.0. The molecule has 0 aromatic heterocycles. The van der Waals surface area contributed by atoms with Crippen LogP contribution >= 0.6 is 23.2 Å². The number of hydrogen-bond donors (Lipinski definition) is 1. The summed E-state index contributed by atoms with van der Waals surface area (Å²) >= 11 is 12.5. The number of likely N-dealkylation sites (N-methyl/N-ethyl adjacent to an activating group) is 1. The summed E-state index contributed by atoms with van der Waals surface area (Å²) < 4.78 is 5.18. The highest BCUT2D eigenvalue weighted by Crippen LogP contribution is 2.29. The first kappa shape index (κ1) is 15.2. The summed E-state index contributed by atoms with van der Waals surface area (Å²) in [6, 6.07) is 13.7. The molecule has 2 aromatic rings. The minimum absolute atomic E-state index is 0.151. The van der Waals surface area contributed by atoms with Gasteiger partial charge in [-0.3, -0.25) is 0 Å². The lowest BCUT2D eigenvalue weighted by Gasteiger charge is -2.18. The van der Waals surface area contributed by atoms with E-state index in [2.05, 4.69) is 5.32 Å². The van der Waals surface area contributed by atoms with Crippen LogP contribution in [0.4, 0.5) is 0 Å². The Kier molecular flexibility index (Phi) is 5.30. The highest BCUT2D eigenvalue weighted by molar-refractivity contribution is 6.36. The molecule has 0 fully saturated rings. The molecule has 2 aromatic carbocycles. The lowest BCUT2D eigenvalue weighted by Crippen LogP contribution is -2.19. The molecule has 20 heavy (non-hydrogen) atoms. The summed E-state index contributed by atoms with van der Waals surface area (Å²) in [6.07, 6.45) is 0.737. The maximum absolute atomic E-state index is 6.23. The van der Waals surface area contributed by atoms with E-state index in [1.165, 1.54) is 5.56 Å². The van der Waals surface area contributed by atoms with Gasteiger partial charge in [0.05, 0.1) is 7.11 Å². The third kappa shape index (κ3) is 3.45. The van der Waals surface area contributed by atoms with Crippen LogP contribution in [0.2, 0.25) is 10.0 Å². The molecule has 0 saturated heterocycles. The van der Waals surface area contributed by atoms with Crippen LogP contribution < -0.4 is 10.1 Å². The highest BCUT2D eigenvalue weighted by Gasteiger charge is 2.14. The van der Waals surface area contributed by atoms with E-state index in [4.69, 9.17) is 27.9 Å². The quantitative estimate of drug-likeness (QED) is 0.877. The van der Waals surface area contributed by atoms with Gasteiger partial charge >= 0.3 is 0 Å². The SMILES string of the molecule is CNC(Cc1c(Cl)cccc1Cl)c1ccc(OC)cc1. The minimum atomic E-state index is 0.151. The van der Waals surface area contributed by atoms with E-state index < -0.39 is 0 Å². The maximum atomic E-state index is 6.23. The molecule has 0 bridgehead atoms. The lowest BCUT2D eigenvalue weighted by atomic mass is 9.99. The van der Waals surface area contributed by atoms with Gasteiger partial charge in [0.25, 0.3) is 0 Å². The molecule has 0 saturated carbocycles. The standard InChI is InChI=1S/C16H17Cl2NO/c1-19-16(11-6-8-12(20-2)9-7-11)10-13-14(17)4-3-5-15(13)18/h3-9,16,19H,10H2,1-2H3. The van der Waals surface area contributed by atoms with Gasteiger partial charge in [-0.2, -0.15) is 0 Å². The van der Waals surface area contributed by atoms with Crippen molar-refractivity contribution in [1.82, 2.24) is 5.32 Å². The van der Waals surface area contributed by atoms with Crippen molar-refractivity contribution in [3.63, 3.8) is 0 Å². The Balaban J connectivity index is 2.24. The summed E-state index contributed by atoms with van der Waals surface area (Å²) in [5.41, 5.74) is 2.13. The van der Waals surface area contributed by atoms with E-state index >= 15 is 0 Å². The molecule has 0 radical (unpaired) electrons. The van der Waals surface area contributed by atoms with E-state index in [0.717, 1.165) is 17.7 Å². The molecule has 0 aliphatic carbocycles. The highest BCUT2D eigenvalue weighted by atomic mass is 35.5. The third-order valence-electron chi connectivity index (χ3n) is 3.34. The third-order valence-corrected chi connectivity index (χ3v) is 4.04. The number of benzene rings is 2. The van der Waals surface area contributed by atoms with Crippen LogP contribution in [0.15, 0.2) is 42.5 Å². The number of nitrogens with one attached hydrogen (secondary N) is 1. The Labute approximate surface area is 129 Å². The van der Waals surface area contributed by atoms with Crippen LogP contribution in [0.3, 0.4) is 0 Å². The molecule has 0 amide bonds. The Morgan fingerprint density at radius 1 is 1.05 bits per heavy atom.